The van der Waals surface area contributed by atoms with Crippen molar-refractivity contribution in [1.29, 1.82) is 0 Å². The zero-order chi connectivity index (χ0) is 11.9. The lowest BCUT2D eigenvalue weighted by Crippen LogP contribution is -2.25. The molecule has 1 N–H and O–H groups in total. The molecule has 0 spiro atoms. The predicted octanol–water partition coefficient (Wildman–Crippen LogP) is 3.31. The summed E-state index contributed by atoms with van der Waals surface area (Å²) < 4.78 is 0. The van der Waals surface area contributed by atoms with Crippen LogP contribution in [0.15, 0.2) is 23.8 Å². The monoisotopic (exact) mass is 269 g/mol. The summed E-state index contributed by atoms with van der Waals surface area (Å²) in [5, 5.41) is 3.78. The summed E-state index contributed by atoms with van der Waals surface area (Å²) in [7, 11) is 3.97. The van der Waals surface area contributed by atoms with Crippen molar-refractivity contribution in [2.45, 2.75) is 37.4 Å². The van der Waals surface area contributed by atoms with Crippen molar-refractivity contribution in [3.8, 4) is 0 Å². The van der Waals surface area contributed by atoms with Gasteiger partial charge in [0.05, 0.1) is 0 Å². The van der Waals surface area contributed by atoms with E-state index >= 15 is 0 Å². The Hall–Kier alpha value is -0.350. The number of carbonyl (C=O) groups is 1. The number of amides is 1. The summed E-state index contributed by atoms with van der Waals surface area (Å²) in [6.07, 6.45) is 11.5. The second-order valence-electron chi connectivity index (χ2n) is 4.46. The molecule has 1 heterocycles. The maximum absolute atomic E-state index is 11.6. The second-order valence-corrected chi connectivity index (χ2v) is 7.24. The standard InChI is InChI=1S/C13H19NOS2/c15-13(14-10-11-4-1-2-5-11)7-3-6-12-8-9-16-17-12/h1-2,4,12H,3,5-10H2,(H,14,15). The molecule has 0 saturated carbocycles. The highest BCUT2D eigenvalue weighted by Crippen LogP contribution is 2.39. The number of hydrogen-bond donors (Lipinski definition) is 1. The molecular formula is C13H19NOS2. The highest BCUT2D eigenvalue weighted by atomic mass is 33.1. The first-order valence-electron chi connectivity index (χ1n) is 6.24. The van der Waals surface area contributed by atoms with Gasteiger partial charge in [0, 0.05) is 24.0 Å². The lowest BCUT2D eigenvalue weighted by Gasteiger charge is -2.08. The molecule has 2 rings (SSSR count). The average molecular weight is 269 g/mol. The third-order valence-electron chi connectivity index (χ3n) is 3.02. The number of hydrogen-bond acceptors (Lipinski definition) is 3. The minimum atomic E-state index is 0.202. The third kappa shape index (κ3) is 4.80. The molecule has 94 valence electrons. The quantitative estimate of drug-likeness (QED) is 0.750. The highest BCUT2D eigenvalue weighted by Gasteiger charge is 2.16. The van der Waals surface area contributed by atoms with Crippen molar-refractivity contribution in [1.82, 2.24) is 5.32 Å². The van der Waals surface area contributed by atoms with E-state index in [1.165, 1.54) is 24.2 Å². The van der Waals surface area contributed by atoms with E-state index in [0.29, 0.717) is 6.42 Å². The van der Waals surface area contributed by atoms with Gasteiger partial charge in [-0.05, 0) is 31.3 Å². The minimum Gasteiger partial charge on any atom is -0.352 e. The van der Waals surface area contributed by atoms with E-state index < -0.39 is 0 Å². The molecule has 2 aliphatic rings. The zero-order valence-corrected chi connectivity index (χ0v) is 11.6. The molecule has 0 aromatic heterocycles. The minimum absolute atomic E-state index is 0.202. The van der Waals surface area contributed by atoms with Gasteiger partial charge in [-0.1, -0.05) is 39.8 Å². The first-order valence-corrected chi connectivity index (χ1v) is 8.62. The van der Waals surface area contributed by atoms with E-state index in [-0.39, 0.29) is 5.91 Å². The molecule has 1 aliphatic heterocycles. The fraction of sp³-hybridized carbons (Fsp3) is 0.615. The molecule has 0 aromatic rings. The molecule has 0 radical (unpaired) electrons. The summed E-state index contributed by atoms with van der Waals surface area (Å²) in [4.78, 5) is 11.6. The van der Waals surface area contributed by atoms with Gasteiger partial charge in [-0.25, -0.2) is 0 Å². The lowest BCUT2D eigenvalue weighted by atomic mass is 10.1. The van der Waals surface area contributed by atoms with Gasteiger partial charge in [0.15, 0.2) is 0 Å². The van der Waals surface area contributed by atoms with Gasteiger partial charge in [-0.2, -0.15) is 0 Å². The van der Waals surface area contributed by atoms with Gasteiger partial charge in [-0.15, -0.1) is 0 Å². The van der Waals surface area contributed by atoms with Crippen LogP contribution >= 0.6 is 21.6 Å². The summed E-state index contributed by atoms with van der Waals surface area (Å²) >= 11 is 0. The van der Waals surface area contributed by atoms with Crippen LogP contribution < -0.4 is 5.32 Å². The molecule has 1 amide bonds. The zero-order valence-electron chi connectivity index (χ0n) is 9.98. The van der Waals surface area contributed by atoms with Crippen LogP contribution in [-0.4, -0.2) is 23.5 Å². The molecule has 1 unspecified atom stereocenters. The predicted molar refractivity (Wildman–Crippen MR) is 77.2 cm³/mol. The summed E-state index contributed by atoms with van der Waals surface area (Å²) in [5.74, 6) is 1.48. The molecule has 1 atom stereocenters. The molecular weight excluding hydrogens is 250 g/mol. The number of nitrogens with one attached hydrogen (secondary N) is 1. The average Bonchev–Trinajstić information content (AvgIpc) is 2.99. The van der Waals surface area contributed by atoms with Crippen LogP contribution in [0, 0.1) is 0 Å². The van der Waals surface area contributed by atoms with Crippen LogP contribution in [-0.2, 0) is 4.79 Å². The smallest absolute Gasteiger partial charge is 0.220 e. The van der Waals surface area contributed by atoms with Gasteiger partial charge in [0.1, 0.15) is 0 Å². The van der Waals surface area contributed by atoms with E-state index in [2.05, 4.69) is 23.5 Å². The van der Waals surface area contributed by atoms with Gasteiger partial charge in [0.2, 0.25) is 5.91 Å². The molecule has 0 bridgehead atoms. The van der Waals surface area contributed by atoms with Crippen LogP contribution in [0.3, 0.4) is 0 Å². The third-order valence-corrected chi connectivity index (χ3v) is 6.02. The molecule has 4 heteroatoms. The maximum Gasteiger partial charge on any atom is 0.220 e. The number of allylic oxidation sites excluding steroid dienone is 3. The Balaban J connectivity index is 1.51. The molecule has 1 aliphatic carbocycles. The molecule has 17 heavy (non-hydrogen) atoms. The van der Waals surface area contributed by atoms with Crippen molar-refractivity contribution in [2.75, 3.05) is 12.3 Å². The molecule has 1 fully saturated rings. The van der Waals surface area contributed by atoms with E-state index in [1.54, 1.807) is 0 Å². The van der Waals surface area contributed by atoms with Gasteiger partial charge < -0.3 is 5.32 Å². The van der Waals surface area contributed by atoms with Crippen LogP contribution in [0.4, 0.5) is 0 Å². The van der Waals surface area contributed by atoms with Gasteiger partial charge in [-0.3, -0.25) is 4.79 Å². The van der Waals surface area contributed by atoms with E-state index in [1.807, 2.05) is 21.6 Å². The van der Waals surface area contributed by atoms with Crippen LogP contribution in [0.2, 0.25) is 0 Å². The van der Waals surface area contributed by atoms with Crippen molar-refractivity contribution in [3.63, 3.8) is 0 Å². The maximum atomic E-state index is 11.6. The van der Waals surface area contributed by atoms with Gasteiger partial charge in [0.25, 0.3) is 0 Å². The Labute approximate surface area is 111 Å². The first-order chi connectivity index (χ1) is 8.34. The fourth-order valence-electron chi connectivity index (χ4n) is 1.98. The Morgan fingerprint density at radius 3 is 3.18 bits per heavy atom. The van der Waals surface area contributed by atoms with Crippen LogP contribution in [0.1, 0.15) is 32.1 Å². The van der Waals surface area contributed by atoms with Crippen molar-refractivity contribution < 1.29 is 4.79 Å². The summed E-state index contributed by atoms with van der Waals surface area (Å²) in [6.45, 7) is 0.722. The molecule has 1 saturated heterocycles. The van der Waals surface area contributed by atoms with E-state index in [4.69, 9.17) is 0 Å². The van der Waals surface area contributed by atoms with Crippen molar-refractivity contribution in [3.05, 3.63) is 23.8 Å². The molecule has 2 nitrogen and oxygen atoms in total. The fourth-order valence-corrected chi connectivity index (χ4v) is 5.01. The van der Waals surface area contributed by atoms with Crippen molar-refractivity contribution in [2.24, 2.45) is 0 Å². The van der Waals surface area contributed by atoms with Crippen LogP contribution in [0.5, 0.6) is 0 Å². The van der Waals surface area contributed by atoms with Crippen molar-refractivity contribution >= 4 is 27.5 Å². The first kappa shape index (κ1) is 13.1. The number of carbonyl (C=O) groups excluding carboxylic acids is 1. The van der Waals surface area contributed by atoms with E-state index in [0.717, 1.165) is 24.6 Å². The largest absolute Gasteiger partial charge is 0.352 e. The Morgan fingerprint density at radius 2 is 2.47 bits per heavy atom. The highest BCUT2D eigenvalue weighted by molar-refractivity contribution is 8.77. The van der Waals surface area contributed by atoms with Gasteiger partial charge >= 0.3 is 0 Å². The Kier molecular flexibility index (Phi) is 5.52. The normalized spacial score (nSPS) is 22.8. The molecule has 0 aromatic carbocycles. The number of rotatable bonds is 6. The second kappa shape index (κ2) is 7.17. The topological polar surface area (TPSA) is 29.1 Å². The Bertz CT molecular complexity index is 319. The Morgan fingerprint density at radius 1 is 1.53 bits per heavy atom. The summed E-state index contributed by atoms with van der Waals surface area (Å²) in [6, 6.07) is 0. The van der Waals surface area contributed by atoms with Crippen LogP contribution in [0.25, 0.3) is 0 Å². The SMILES string of the molecule is O=C(CCCC1CCSS1)NCC1=CC=CC1. The lowest BCUT2D eigenvalue weighted by molar-refractivity contribution is -0.121. The summed E-state index contributed by atoms with van der Waals surface area (Å²) in [5.41, 5.74) is 1.31. The van der Waals surface area contributed by atoms with E-state index in [9.17, 15) is 4.79 Å².